The Kier molecular flexibility index (Phi) is 5.96. The van der Waals surface area contributed by atoms with Crippen LogP contribution in [-0.4, -0.2) is 34.5 Å². The first-order valence-electron chi connectivity index (χ1n) is 11.3. The third-order valence-corrected chi connectivity index (χ3v) is 6.26. The Morgan fingerprint density at radius 1 is 1.06 bits per heavy atom. The van der Waals surface area contributed by atoms with Crippen LogP contribution in [0, 0.1) is 19.8 Å². The van der Waals surface area contributed by atoms with Crippen molar-refractivity contribution in [2.45, 2.75) is 33.2 Å². The van der Waals surface area contributed by atoms with E-state index in [0.29, 0.717) is 24.8 Å². The van der Waals surface area contributed by atoms with Gasteiger partial charge in [0.1, 0.15) is 11.5 Å². The fourth-order valence-corrected chi connectivity index (χ4v) is 4.51. The molecule has 0 N–H and O–H groups in total. The van der Waals surface area contributed by atoms with Gasteiger partial charge in [-0.15, -0.1) is 0 Å². The monoisotopic (exact) mass is 445 g/mol. The van der Waals surface area contributed by atoms with Gasteiger partial charge in [0.05, 0.1) is 41.2 Å². The van der Waals surface area contributed by atoms with Gasteiger partial charge in [-0.05, 0) is 68.3 Å². The first-order chi connectivity index (χ1) is 16.1. The van der Waals surface area contributed by atoms with Gasteiger partial charge in [0, 0.05) is 25.5 Å². The lowest BCUT2D eigenvalue weighted by molar-refractivity contribution is 0.0498. The number of pyridine rings is 2. The summed E-state index contributed by atoms with van der Waals surface area (Å²) in [5, 5.41) is 5.12. The van der Waals surface area contributed by atoms with E-state index in [1.807, 2.05) is 50.2 Å². The molecule has 0 amide bonds. The van der Waals surface area contributed by atoms with Crippen LogP contribution in [0.15, 0.2) is 58.0 Å². The van der Waals surface area contributed by atoms with Crippen molar-refractivity contribution in [1.82, 2.24) is 14.7 Å². The molecule has 0 unspecified atom stereocenters. The van der Waals surface area contributed by atoms with Gasteiger partial charge in [-0.3, -0.25) is 9.78 Å². The molecule has 4 aromatic rings. The number of aromatic nitrogens is 3. The Morgan fingerprint density at radius 3 is 2.61 bits per heavy atom. The van der Waals surface area contributed by atoms with Crippen molar-refractivity contribution in [3.63, 3.8) is 0 Å². The van der Waals surface area contributed by atoms with E-state index in [2.05, 4.69) is 10.1 Å². The van der Waals surface area contributed by atoms with E-state index in [0.717, 1.165) is 65.2 Å². The summed E-state index contributed by atoms with van der Waals surface area (Å²) in [6.07, 6.45) is 3.71. The normalized spacial score (nSPS) is 14.6. The maximum Gasteiger partial charge on any atom is 0.251 e. The Labute approximate surface area is 192 Å². The molecule has 0 aliphatic carbocycles. The number of rotatable bonds is 6. The van der Waals surface area contributed by atoms with E-state index < -0.39 is 0 Å². The molecule has 5 rings (SSSR count). The number of aryl methyl sites for hydroxylation is 2. The highest BCUT2D eigenvalue weighted by atomic mass is 16.5. The Morgan fingerprint density at radius 2 is 1.88 bits per heavy atom. The zero-order valence-corrected chi connectivity index (χ0v) is 18.9. The summed E-state index contributed by atoms with van der Waals surface area (Å²) in [6, 6.07) is 13.2. The average Bonchev–Trinajstić information content (AvgIpc) is 3.18. The highest BCUT2D eigenvalue weighted by Crippen LogP contribution is 2.40. The van der Waals surface area contributed by atoms with Gasteiger partial charge in [-0.1, -0.05) is 11.2 Å². The molecule has 1 aliphatic heterocycles. The van der Waals surface area contributed by atoms with Crippen LogP contribution >= 0.6 is 0 Å². The van der Waals surface area contributed by atoms with Gasteiger partial charge in [0.25, 0.3) is 5.56 Å². The van der Waals surface area contributed by atoms with Crippen molar-refractivity contribution in [3.8, 4) is 16.9 Å². The summed E-state index contributed by atoms with van der Waals surface area (Å²) in [4.78, 5) is 17.5. The molecule has 1 saturated heterocycles. The van der Waals surface area contributed by atoms with Crippen LogP contribution in [-0.2, 0) is 11.3 Å². The van der Waals surface area contributed by atoms with Gasteiger partial charge in [-0.25, -0.2) is 0 Å². The molecule has 0 bridgehead atoms. The summed E-state index contributed by atoms with van der Waals surface area (Å²) >= 11 is 0. The Hall–Kier alpha value is -3.45. The Balaban J connectivity index is 1.69. The predicted molar refractivity (Wildman–Crippen MR) is 126 cm³/mol. The molecular formula is C26H27N3O4. The lowest BCUT2D eigenvalue weighted by atomic mass is 9.98. The molecule has 0 spiro atoms. The number of hydrogen-bond acceptors (Lipinski definition) is 6. The first-order valence-corrected chi connectivity index (χ1v) is 11.3. The van der Waals surface area contributed by atoms with Crippen molar-refractivity contribution in [1.29, 1.82) is 0 Å². The average molecular weight is 446 g/mol. The largest absolute Gasteiger partial charge is 0.493 e. The SMILES string of the molecule is Cc1noc(C)c1-c1c(OCC2CCOCC2)ccc2ccc(=O)n(Cc3ccccn3)c12. The van der Waals surface area contributed by atoms with Crippen molar-refractivity contribution < 1.29 is 14.0 Å². The van der Waals surface area contributed by atoms with E-state index in [1.165, 1.54) is 0 Å². The summed E-state index contributed by atoms with van der Waals surface area (Å²) in [6.45, 7) is 6.30. The van der Waals surface area contributed by atoms with Gasteiger partial charge in [0.2, 0.25) is 0 Å². The second-order valence-electron chi connectivity index (χ2n) is 8.52. The number of fused-ring (bicyclic) bond motifs is 1. The van der Waals surface area contributed by atoms with Crippen LogP contribution in [0.1, 0.15) is 30.0 Å². The molecule has 1 fully saturated rings. The van der Waals surface area contributed by atoms with Gasteiger partial charge >= 0.3 is 0 Å². The van der Waals surface area contributed by atoms with Gasteiger partial charge in [0.15, 0.2) is 0 Å². The van der Waals surface area contributed by atoms with E-state index in [1.54, 1.807) is 16.8 Å². The Bertz CT molecular complexity index is 1300. The lowest BCUT2D eigenvalue weighted by Crippen LogP contribution is -2.22. The fourth-order valence-electron chi connectivity index (χ4n) is 4.51. The van der Waals surface area contributed by atoms with Crippen molar-refractivity contribution >= 4 is 10.9 Å². The van der Waals surface area contributed by atoms with Crippen LogP contribution < -0.4 is 10.3 Å². The molecule has 0 atom stereocenters. The zero-order chi connectivity index (χ0) is 22.8. The van der Waals surface area contributed by atoms with E-state index in [-0.39, 0.29) is 5.56 Å². The van der Waals surface area contributed by atoms with E-state index >= 15 is 0 Å². The predicted octanol–water partition coefficient (Wildman–Crippen LogP) is 4.52. The number of nitrogens with zero attached hydrogens (tertiary/aromatic N) is 3. The maximum absolute atomic E-state index is 13.1. The quantitative estimate of drug-likeness (QED) is 0.434. The molecule has 7 heteroatoms. The minimum absolute atomic E-state index is 0.0947. The van der Waals surface area contributed by atoms with Crippen molar-refractivity contribution in [3.05, 3.63) is 76.2 Å². The smallest absolute Gasteiger partial charge is 0.251 e. The first kappa shape index (κ1) is 21.4. The third kappa shape index (κ3) is 4.28. The second-order valence-corrected chi connectivity index (χ2v) is 8.52. The standard InChI is InChI=1S/C26H27N3O4/c1-17-24(18(2)33-28-17)25-22(32-16-19-10-13-31-14-11-19)8-6-20-7-9-23(30)29(26(20)25)15-21-5-3-4-12-27-21/h3-9,12,19H,10-11,13-16H2,1-2H3. The summed E-state index contributed by atoms with van der Waals surface area (Å²) < 4.78 is 19.2. The van der Waals surface area contributed by atoms with E-state index in [9.17, 15) is 4.79 Å². The van der Waals surface area contributed by atoms with Crippen LogP contribution in [0.3, 0.4) is 0 Å². The van der Waals surface area contributed by atoms with Gasteiger partial charge in [-0.2, -0.15) is 0 Å². The number of benzene rings is 1. The fraction of sp³-hybridized carbons (Fsp3) is 0.346. The van der Waals surface area contributed by atoms with Crippen LogP contribution in [0.2, 0.25) is 0 Å². The highest BCUT2D eigenvalue weighted by molar-refractivity contribution is 5.98. The van der Waals surface area contributed by atoms with Crippen LogP contribution in [0.25, 0.3) is 22.0 Å². The van der Waals surface area contributed by atoms with E-state index in [4.69, 9.17) is 14.0 Å². The van der Waals surface area contributed by atoms with Gasteiger partial charge < -0.3 is 18.6 Å². The van der Waals surface area contributed by atoms with Crippen LogP contribution in [0.4, 0.5) is 0 Å². The molecule has 0 saturated carbocycles. The number of hydrogen-bond donors (Lipinski definition) is 0. The summed E-state index contributed by atoms with van der Waals surface area (Å²) in [5.74, 6) is 1.86. The molecule has 33 heavy (non-hydrogen) atoms. The van der Waals surface area contributed by atoms with Crippen molar-refractivity contribution in [2.24, 2.45) is 5.92 Å². The van der Waals surface area contributed by atoms with Crippen molar-refractivity contribution in [2.75, 3.05) is 19.8 Å². The molecule has 1 aliphatic rings. The summed E-state index contributed by atoms with van der Waals surface area (Å²) in [7, 11) is 0. The molecule has 4 heterocycles. The number of ether oxygens (including phenoxy) is 2. The minimum atomic E-state index is -0.0947. The highest BCUT2D eigenvalue weighted by Gasteiger charge is 2.23. The lowest BCUT2D eigenvalue weighted by Gasteiger charge is -2.23. The molecule has 7 nitrogen and oxygen atoms in total. The molecule has 1 aromatic carbocycles. The third-order valence-electron chi connectivity index (χ3n) is 6.26. The minimum Gasteiger partial charge on any atom is -0.493 e. The molecular weight excluding hydrogens is 418 g/mol. The molecule has 3 aromatic heterocycles. The van der Waals surface area contributed by atoms with Crippen LogP contribution in [0.5, 0.6) is 5.75 Å². The molecule has 0 radical (unpaired) electrons. The maximum atomic E-state index is 13.1. The topological polar surface area (TPSA) is 79.4 Å². The summed E-state index contributed by atoms with van der Waals surface area (Å²) in [5.41, 5.74) is 3.98. The second kappa shape index (κ2) is 9.19. The zero-order valence-electron chi connectivity index (χ0n) is 18.9. The molecule has 170 valence electrons.